The summed E-state index contributed by atoms with van der Waals surface area (Å²) in [5.41, 5.74) is 3.07. The first-order valence-electron chi connectivity index (χ1n) is 11.5. The van der Waals surface area contributed by atoms with E-state index in [1.807, 2.05) is 0 Å². The van der Waals surface area contributed by atoms with Crippen molar-refractivity contribution in [1.82, 2.24) is 14.8 Å². The summed E-state index contributed by atoms with van der Waals surface area (Å²) in [4.78, 5) is 39.0. The number of nitrogens with one attached hydrogen (secondary N) is 1. The van der Waals surface area contributed by atoms with Crippen molar-refractivity contribution in [2.45, 2.75) is 57.7 Å². The molecule has 36 heavy (non-hydrogen) atoms. The quantitative estimate of drug-likeness (QED) is 0.304. The highest BCUT2D eigenvalue weighted by molar-refractivity contribution is 7.99. The number of hydrogen-bond donors (Lipinski definition) is 1. The van der Waals surface area contributed by atoms with E-state index in [9.17, 15) is 14.4 Å². The molecule has 0 saturated carbocycles. The number of esters is 2. The standard InChI is InChI=1S/C24H28N4O5S3/c1-12(2)28-20(15-10-34-16-9-7-6-8-14(15)16)26-27-24(28)35-11-17(29)25-21-18(22(30)32-4)13(3)19(36-21)23(31)33-5/h10,12H,6-9,11H2,1-5H3,(H,25,29). The van der Waals surface area contributed by atoms with Crippen LogP contribution in [0.25, 0.3) is 11.4 Å². The number of ether oxygens (including phenoxy) is 2. The Bertz CT molecular complexity index is 1310. The summed E-state index contributed by atoms with van der Waals surface area (Å²) in [6, 6.07) is 0.105. The van der Waals surface area contributed by atoms with E-state index >= 15 is 0 Å². The first kappa shape index (κ1) is 26.4. The molecule has 1 amide bonds. The molecule has 0 radical (unpaired) electrons. The van der Waals surface area contributed by atoms with Crippen molar-refractivity contribution in [2.75, 3.05) is 25.3 Å². The molecule has 1 aliphatic carbocycles. The number of fused-ring (bicyclic) bond motifs is 1. The second-order valence-electron chi connectivity index (χ2n) is 8.61. The minimum Gasteiger partial charge on any atom is -0.465 e. The summed E-state index contributed by atoms with van der Waals surface area (Å²) < 4.78 is 11.7. The summed E-state index contributed by atoms with van der Waals surface area (Å²) in [6.45, 7) is 5.76. The monoisotopic (exact) mass is 548 g/mol. The van der Waals surface area contributed by atoms with Crippen LogP contribution in [0.4, 0.5) is 5.00 Å². The molecule has 1 N–H and O–H groups in total. The van der Waals surface area contributed by atoms with Gasteiger partial charge in [0.15, 0.2) is 11.0 Å². The number of anilines is 1. The minimum atomic E-state index is -0.634. The number of aryl methyl sites for hydroxylation is 1. The molecule has 12 heteroatoms. The maximum Gasteiger partial charge on any atom is 0.348 e. The third-order valence-corrected chi connectivity index (χ3v) is 9.19. The van der Waals surface area contributed by atoms with Crippen LogP contribution in [0.2, 0.25) is 0 Å². The molecule has 0 unspecified atom stereocenters. The zero-order chi connectivity index (χ0) is 26.0. The van der Waals surface area contributed by atoms with Gasteiger partial charge in [0.05, 0.1) is 25.5 Å². The van der Waals surface area contributed by atoms with Crippen LogP contribution < -0.4 is 5.32 Å². The number of rotatable bonds is 8. The van der Waals surface area contributed by atoms with E-state index in [1.165, 1.54) is 49.3 Å². The van der Waals surface area contributed by atoms with Gasteiger partial charge in [-0.05, 0) is 57.6 Å². The van der Waals surface area contributed by atoms with Crippen LogP contribution in [0.1, 0.15) is 68.8 Å². The lowest BCUT2D eigenvalue weighted by Crippen LogP contribution is -2.16. The van der Waals surface area contributed by atoms with Gasteiger partial charge in [0.2, 0.25) is 5.91 Å². The third kappa shape index (κ3) is 5.07. The largest absolute Gasteiger partial charge is 0.465 e. The number of carbonyl (C=O) groups is 3. The first-order chi connectivity index (χ1) is 17.3. The average molecular weight is 549 g/mol. The van der Waals surface area contributed by atoms with Crippen molar-refractivity contribution in [3.05, 3.63) is 31.8 Å². The SMILES string of the molecule is COC(=O)c1sc(NC(=O)CSc2nnc(-c3csc4c3CCCC4)n2C(C)C)c(C(=O)OC)c1C. The van der Waals surface area contributed by atoms with E-state index in [2.05, 4.69) is 39.3 Å². The summed E-state index contributed by atoms with van der Waals surface area (Å²) in [5.74, 6) is -0.666. The normalized spacial score (nSPS) is 12.9. The highest BCUT2D eigenvalue weighted by atomic mass is 32.2. The number of amides is 1. The Kier molecular flexibility index (Phi) is 8.16. The number of hydrogen-bond acceptors (Lipinski definition) is 10. The Hall–Kier alpha value is -2.70. The van der Waals surface area contributed by atoms with Crippen molar-refractivity contribution >= 4 is 57.3 Å². The molecule has 0 saturated heterocycles. The van der Waals surface area contributed by atoms with Crippen LogP contribution in [0.3, 0.4) is 0 Å². The van der Waals surface area contributed by atoms with E-state index in [4.69, 9.17) is 9.47 Å². The van der Waals surface area contributed by atoms with E-state index in [1.54, 1.807) is 18.3 Å². The Morgan fingerprint density at radius 3 is 2.56 bits per heavy atom. The van der Waals surface area contributed by atoms with Crippen LogP contribution in [-0.4, -0.2) is 52.6 Å². The van der Waals surface area contributed by atoms with Gasteiger partial charge in [0, 0.05) is 21.9 Å². The molecule has 0 fully saturated rings. The predicted octanol–water partition coefficient (Wildman–Crippen LogP) is 5.14. The van der Waals surface area contributed by atoms with E-state index in [-0.39, 0.29) is 33.1 Å². The van der Waals surface area contributed by atoms with Gasteiger partial charge in [-0.2, -0.15) is 0 Å². The van der Waals surface area contributed by atoms with Crippen molar-refractivity contribution < 1.29 is 23.9 Å². The van der Waals surface area contributed by atoms with Gasteiger partial charge in [-0.25, -0.2) is 9.59 Å². The maximum atomic E-state index is 12.9. The predicted molar refractivity (Wildman–Crippen MR) is 141 cm³/mol. The maximum absolute atomic E-state index is 12.9. The van der Waals surface area contributed by atoms with E-state index in [0.29, 0.717) is 10.7 Å². The average Bonchev–Trinajstić information content (AvgIpc) is 3.56. The molecule has 3 heterocycles. The topological polar surface area (TPSA) is 112 Å². The minimum absolute atomic E-state index is 0.0533. The smallest absolute Gasteiger partial charge is 0.348 e. The molecule has 192 valence electrons. The van der Waals surface area contributed by atoms with Gasteiger partial charge in [-0.3, -0.25) is 9.36 Å². The van der Waals surface area contributed by atoms with Gasteiger partial charge in [-0.1, -0.05) is 11.8 Å². The van der Waals surface area contributed by atoms with Crippen LogP contribution in [0.5, 0.6) is 0 Å². The zero-order valence-corrected chi connectivity index (χ0v) is 23.2. The number of thiophene rings is 2. The molecular weight excluding hydrogens is 520 g/mol. The van der Waals surface area contributed by atoms with Gasteiger partial charge in [0.25, 0.3) is 0 Å². The van der Waals surface area contributed by atoms with Crippen LogP contribution >= 0.6 is 34.4 Å². The second kappa shape index (κ2) is 11.1. The lowest BCUT2D eigenvalue weighted by molar-refractivity contribution is -0.113. The second-order valence-corrected chi connectivity index (χ2v) is 11.5. The molecular formula is C24H28N4O5S3. The zero-order valence-electron chi connectivity index (χ0n) is 20.8. The number of carbonyl (C=O) groups excluding carboxylic acids is 3. The molecule has 9 nitrogen and oxygen atoms in total. The van der Waals surface area contributed by atoms with Gasteiger partial charge >= 0.3 is 11.9 Å². The third-order valence-electron chi connectivity index (χ3n) is 5.98. The summed E-state index contributed by atoms with van der Waals surface area (Å²) >= 11 is 4.05. The lowest BCUT2D eigenvalue weighted by Gasteiger charge is -2.16. The first-order valence-corrected chi connectivity index (χ1v) is 14.2. The number of methoxy groups -OCH3 is 2. The Labute approximate surface area is 221 Å². The van der Waals surface area contributed by atoms with Gasteiger partial charge in [-0.15, -0.1) is 32.9 Å². The molecule has 0 bridgehead atoms. The molecule has 1 aliphatic rings. The molecule has 3 aromatic heterocycles. The van der Waals surface area contributed by atoms with Crippen LogP contribution in [0.15, 0.2) is 10.5 Å². The van der Waals surface area contributed by atoms with Crippen molar-refractivity contribution in [1.29, 1.82) is 0 Å². The summed E-state index contributed by atoms with van der Waals surface area (Å²) in [5, 5.41) is 14.7. The summed E-state index contributed by atoms with van der Waals surface area (Å²) in [6.07, 6.45) is 4.58. The fourth-order valence-corrected chi connectivity index (χ4v) is 7.36. The highest BCUT2D eigenvalue weighted by Gasteiger charge is 2.27. The Balaban J connectivity index is 1.54. The van der Waals surface area contributed by atoms with E-state index in [0.717, 1.165) is 35.6 Å². The molecule has 3 aromatic rings. The van der Waals surface area contributed by atoms with Crippen LogP contribution in [0, 0.1) is 6.92 Å². The summed E-state index contributed by atoms with van der Waals surface area (Å²) in [7, 11) is 2.51. The number of aromatic nitrogens is 3. The molecule has 0 aliphatic heterocycles. The Morgan fingerprint density at radius 2 is 1.86 bits per heavy atom. The molecule has 4 rings (SSSR count). The molecule has 0 aromatic carbocycles. The van der Waals surface area contributed by atoms with Crippen molar-refractivity contribution in [2.24, 2.45) is 0 Å². The number of thioether (sulfide) groups is 1. The molecule has 0 atom stereocenters. The van der Waals surface area contributed by atoms with Gasteiger partial charge < -0.3 is 14.8 Å². The Morgan fingerprint density at radius 1 is 1.14 bits per heavy atom. The number of nitrogens with zero attached hydrogens (tertiary/aromatic N) is 3. The van der Waals surface area contributed by atoms with Crippen LogP contribution in [-0.2, 0) is 27.1 Å². The lowest BCUT2D eigenvalue weighted by atomic mass is 9.95. The van der Waals surface area contributed by atoms with Crippen molar-refractivity contribution in [3.8, 4) is 11.4 Å². The fraction of sp³-hybridized carbons (Fsp3) is 0.458. The van der Waals surface area contributed by atoms with E-state index < -0.39 is 11.9 Å². The fourth-order valence-electron chi connectivity index (χ4n) is 4.24. The van der Waals surface area contributed by atoms with Gasteiger partial charge in [0.1, 0.15) is 9.88 Å². The molecule has 0 spiro atoms. The van der Waals surface area contributed by atoms with Crippen molar-refractivity contribution in [3.63, 3.8) is 0 Å². The highest BCUT2D eigenvalue weighted by Crippen LogP contribution is 2.38.